The van der Waals surface area contributed by atoms with Gasteiger partial charge in [0.1, 0.15) is 18.8 Å². The first-order valence-electron chi connectivity index (χ1n) is 7.23. The van der Waals surface area contributed by atoms with Crippen LogP contribution >= 0.6 is 0 Å². The Kier molecular flexibility index (Phi) is 7.22. The fraction of sp³-hybridized carbons (Fsp3) is 0.769. The van der Waals surface area contributed by atoms with Gasteiger partial charge in [0.05, 0.1) is 18.8 Å². The van der Waals surface area contributed by atoms with E-state index >= 15 is 0 Å². The van der Waals surface area contributed by atoms with Crippen LogP contribution in [0.25, 0.3) is 0 Å². The van der Waals surface area contributed by atoms with Gasteiger partial charge in [-0.1, -0.05) is 0 Å². The molecule has 0 saturated carbocycles. The van der Waals surface area contributed by atoms with Crippen LogP contribution in [-0.2, 0) is 23.9 Å². The fourth-order valence-electron chi connectivity index (χ4n) is 2.45. The minimum absolute atomic E-state index is 0.848. The predicted molar refractivity (Wildman–Crippen MR) is 75.7 cm³/mol. The number of hydrogen-bond acceptors (Lipinski definition) is 10. The molecule has 1 heterocycles. The van der Waals surface area contributed by atoms with E-state index in [9.17, 15) is 34.8 Å². The van der Waals surface area contributed by atoms with Gasteiger partial charge >= 0.3 is 11.9 Å². The Bertz CT molecular complexity index is 512. The first-order chi connectivity index (χ1) is 11.6. The molecular weight excluding hydrogens is 346 g/mol. The zero-order valence-corrected chi connectivity index (χ0v) is 13.2. The molecule has 0 aromatic rings. The second kappa shape index (κ2) is 8.51. The number of rotatable bonds is 7. The van der Waals surface area contributed by atoms with Gasteiger partial charge in [0.15, 0.2) is 6.10 Å². The van der Waals surface area contributed by atoms with Crippen LogP contribution in [0.5, 0.6) is 0 Å². The largest absolute Gasteiger partial charge is 0.477 e. The van der Waals surface area contributed by atoms with Gasteiger partial charge in [-0.3, -0.25) is 9.59 Å². The Morgan fingerprint density at radius 2 is 1.96 bits per heavy atom. The molecule has 6 atom stereocenters. The van der Waals surface area contributed by atoms with E-state index in [2.05, 4.69) is 10.1 Å². The molecule has 144 valence electrons. The van der Waals surface area contributed by atoms with E-state index in [1.165, 1.54) is 0 Å². The highest BCUT2D eigenvalue weighted by molar-refractivity contribution is 5.78. The van der Waals surface area contributed by atoms with Crippen molar-refractivity contribution in [3.8, 4) is 0 Å². The topological polar surface area (TPSA) is 203 Å². The summed E-state index contributed by atoms with van der Waals surface area (Å²) in [5, 5.41) is 59.5. The number of esters is 1. The molecule has 0 aliphatic carbocycles. The summed E-state index contributed by atoms with van der Waals surface area (Å²) in [6.07, 6.45) is -7.82. The van der Waals surface area contributed by atoms with Crippen LogP contribution in [-0.4, -0.2) is 97.9 Å². The third-order valence-corrected chi connectivity index (χ3v) is 3.61. The van der Waals surface area contributed by atoms with Crippen LogP contribution in [0.2, 0.25) is 0 Å². The third kappa shape index (κ3) is 5.07. The van der Waals surface area contributed by atoms with Crippen molar-refractivity contribution in [2.24, 2.45) is 0 Å². The van der Waals surface area contributed by atoms with Gasteiger partial charge in [-0.15, -0.1) is 0 Å². The van der Waals surface area contributed by atoms with Crippen molar-refractivity contribution in [3.05, 3.63) is 0 Å². The van der Waals surface area contributed by atoms with Crippen molar-refractivity contribution in [1.82, 2.24) is 5.32 Å². The first kappa shape index (κ1) is 21.2. The van der Waals surface area contributed by atoms with Crippen LogP contribution in [0, 0.1) is 0 Å². The molecule has 0 unspecified atom stereocenters. The number of ether oxygens (including phenoxy) is 2. The van der Waals surface area contributed by atoms with Gasteiger partial charge in [0.25, 0.3) is 5.79 Å². The lowest BCUT2D eigenvalue weighted by atomic mass is 9.88. The predicted octanol–water partition coefficient (Wildman–Crippen LogP) is -4.33. The van der Waals surface area contributed by atoms with Crippen molar-refractivity contribution in [2.45, 2.75) is 49.6 Å². The smallest absolute Gasteiger partial charge is 0.364 e. The monoisotopic (exact) mass is 367 g/mol. The van der Waals surface area contributed by atoms with Crippen molar-refractivity contribution < 1.29 is 54.5 Å². The van der Waals surface area contributed by atoms with E-state index in [-0.39, 0.29) is 0 Å². The summed E-state index contributed by atoms with van der Waals surface area (Å²) in [6.45, 7) is -0.865. The standard InChI is InChI=1S/C13H21NO11/c1-5(17)24-7(3-15)10(20)11-9(14-8(19)4-16)6(18)2-13(23,25-11)12(21)22/h6-7,9-11,15-16,18,20,23H,2-4H2,1H3,(H,14,19)(H,21,22)/t6-,7+,9+,10+,11+,13-/m0/s1. The Morgan fingerprint density at radius 1 is 1.36 bits per heavy atom. The number of aliphatic hydroxyl groups is 5. The summed E-state index contributed by atoms with van der Waals surface area (Å²) in [4.78, 5) is 33.6. The normalized spacial score (nSPS) is 31.7. The number of carbonyl (C=O) groups excluding carboxylic acids is 2. The average Bonchev–Trinajstić information content (AvgIpc) is 2.53. The molecule has 0 spiro atoms. The van der Waals surface area contributed by atoms with E-state index in [0.29, 0.717) is 0 Å². The van der Waals surface area contributed by atoms with Crippen molar-refractivity contribution in [3.63, 3.8) is 0 Å². The van der Waals surface area contributed by atoms with Crippen molar-refractivity contribution >= 4 is 17.8 Å². The summed E-state index contributed by atoms with van der Waals surface area (Å²) in [5.41, 5.74) is 0. The molecule has 0 bridgehead atoms. The molecule has 1 rings (SSSR count). The zero-order valence-electron chi connectivity index (χ0n) is 13.2. The maximum Gasteiger partial charge on any atom is 0.364 e. The molecule has 12 heteroatoms. The average molecular weight is 367 g/mol. The van der Waals surface area contributed by atoms with Gasteiger partial charge in [0, 0.05) is 13.3 Å². The third-order valence-electron chi connectivity index (χ3n) is 3.61. The molecular formula is C13H21NO11. The number of nitrogens with one attached hydrogen (secondary N) is 1. The Labute approximate surface area is 141 Å². The van der Waals surface area contributed by atoms with Crippen LogP contribution in [0.15, 0.2) is 0 Å². The molecule has 12 nitrogen and oxygen atoms in total. The van der Waals surface area contributed by atoms with E-state index in [1.807, 2.05) is 0 Å². The summed E-state index contributed by atoms with van der Waals surface area (Å²) >= 11 is 0. The van der Waals surface area contributed by atoms with Crippen molar-refractivity contribution in [2.75, 3.05) is 13.2 Å². The van der Waals surface area contributed by atoms with Gasteiger partial charge in [-0.05, 0) is 0 Å². The Morgan fingerprint density at radius 3 is 2.40 bits per heavy atom. The lowest BCUT2D eigenvalue weighted by molar-refractivity contribution is -0.295. The fourth-order valence-corrected chi connectivity index (χ4v) is 2.45. The molecule has 25 heavy (non-hydrogen) atoms. The van der Waals surface area contributed by atoms with Gasteiger partial charge in [-0.25, -0.2) is 4.79 Å². The number of hydrogen-bond donors (Lipinski definition) is 7. The highest BCUT2D eigenvalue weighted by Crippen LogP contribution is 2.31. The SMILES string of the molecule is CC(=O)O[C@H](CO)[C@@H](O)[C@@H]1O[C@](O)(C(=O)O)C[C@H](O)[C@H]1NC(=O)CO. The van der Waals surface area contributed by atoms with E-state index in [1.54, 1.807) is 0 Å². The quantitative estimate of drug-likeness (QED) is 0.214. The van der Waals surface area contributed by atoms with Gasteiger partial charge in [-0.2, -0.15) is 0 Å². The number of aliphatic carboxylic acids is 1. The van der Waals surface area contributed by atoms with Crippen LogP contribution in [0.1, 0.15) is 13.3 Å². The van der Waals surface area contributed by atoms with Gasteiger partial charge < -0.3 is 45.4 Å². The Balaban J connectivity index is 3.15. The van der Waals surface area contributed by atoms with Gasteiger partial charge in [0.2, 0.25) is 5.91 Å². The number of amides is 1. The molecule has 1 aliphatic rings. The van der Waals surface area contributed by atoms with E-state index in [0.717, 1.165) is 6.92 Å². The molecule has 1 aliphatic heterocycles. The van der Waals surface area contributed by atoms with Crippen LogP contribution < -0.4 is 5.32 Å². The zero-order chi connectivity index (χ0) is 19.4. The van der Waals surface area contributed by atoms with Crippen LogP contribution in [0.4, 0.5) is 0 Å². The highest BCUT2D eigenvalue weighted by Gasteiger charge is 2.54. The molecule has 1 amide bonds. The second-order valence-corrected chi connectivity index (χ2v) is 5.52. The number of carboxylic acid groups (broad SMARTS) is 1. The summed E-state index contributed by atoms with van der Waals surface area (Å²) in [5.74, 6) is -6.59. The highest BCUT2D eigenvalue weighted by atomic mass is 16.7. The minimum atomic E-state index is -2.89. The number of carboxylic acids is 1. The summed E-state index contributed by atoms with van der Waals surface area (Å²) in [6, 6.07) is -1.46. The van der Waals surface area contributed by atoms with E-state index < -0.39 is 73.7 Å². The molecule has 7 N–H and O–H groups in total. The molecule has 0 aromatic heterocycles. The second-order valence-electron chi connectivity index (χ2n) is 5.52. The van der Waals surface area contributed by atoms with Crippen LogP contribution in [0.3, 0.4) is 0 Å². The summed E-state index contributed by atoms with van der Waals surface area (Å²) in [7, 11) is 0. The molecule has 0 radical (unpaired) electrons. The maximum absolute atomic E-state index is 11.4. The molecule has 1 fully saturated rings. The lowest BCUT2D eigenvalue weighted by Crippen LogP contribution is -2.67. The minimum Gasteiger partial charge on any atom is -0.477 e. The Hall–Kier alpha value is -1.83. The maximum atomic E-state index is 11.4. The first-order valence-corrected chi connectivity index (χ1v) is 7.23. The molecule has 0 aromatic carbocycles. The number of carbonyl (C=O) groups is 3. The molecule has 1 saturated heterocycles. The van der Waals surface area contributed by atoms with E-state index in [4.69, 9.17) is 14.9 Å². The lowest BCUT2D eigenvalue weighted by Gasteiger charge is -2.44. The number of aliphatic hydroxyl groups excluding tert-OH is 4. The van der Waals surface area contributed by atoms with Crippen molar-refractivity contribution in [1.29, 1.82) is 0 Å². The summed E-state index contributed by atoms with van der Waals surface area (Å²) < 4.78 is 9.60.